The fraction of sp³-hybridized carbons (Fsp3) is 1.00. The van der Waals surface area contributed by atoms with Gasteiger partial charge in [-0.2, -0.15) is 0 Å². The van der Waals surface area contributed by atoms with E-state index in [1.54, 1.807) is 51.8 Å². The predicted molar refractivity (Wildman–Crippen MR) is 177 cm³/mol. The van der Waals surface area contributed by atoms with Crippen LogP contribution in [0.2, 0.25) is 13.3 Å². The van der Waals surface area contributed by atoms with Crippen LogP contribution in [0.5, 0.6) is 0 Å². The quantitative estimate of drug-likeness (QED) is 0.0502. The molecular formula is C36H76Sn. The Kier molecular flexibility index (Phi) is 35.6. The van der Waals surface area contributed by atoms with Crippen LogP contribution in [0.15, 0.2) is 0 Å². The van der Waals surface area contributed by atoms with Crippen molar-refractivity contribution in [2.45, 2.75) is 227 Å². The minimum absolute atomic E-state index is 1.24. The molecule has 0 aliphatic heterocycles. The monoisotopic (exact) mass is 628 g/mol. The van der Waals surface area contributed by atoms with Gasteiger partial charge < -0.3 is 0 Å². The molecule has 0 bridgehead atoms. The minimum atomic E-state index is -1.24. The fourth-order valence-electron chi connectivity index (χ4n) is 6.19. The second-order valence-corrected chi connectivity index (χ2v) is 22.7. The maximum atomic E-state index is 2.32. The molecule has 0 N–H and O–H groups in total. The second-order valence-electron chi connectivity index (χ2n) is 12.8. The first-order valence-electron chi connectivity index (χ1n) is 18.3. The zero-order chi connectivity index (χ0) is 26.9. The summed E-state index contributed by atoms with van der Waals surface area (Å²) in [5.74, 6) is 0. The molecule has 0 rings (SSSR count). The van der Waals surface area contributed by atoms with E-state index in [2.05, 4.69) is 20.8 Å². The Morgan fingerprint density at radius 1 is 0.216 bits per heavy atom. The van der Waals surface area contributed by atoms with Crippen LogP contribution in [0.25, 0.3) is 0 Å². The molecule has 224 valence electrons. The van der Waals surface area contributed by atoms with Crippen LogP contribution in [-0.2, 0) is 0 Å². The third-order valence-electron chi connectivity index (χ3n) is 8.90. The van der Waals surface area contributed by atoms with Gasteiger partial charge in [0.25, 0.3) is 0 Å². The van der Waals surface area contributed by atoms with E-state index in [4.69, 9.17) is 0 Å². The van der Waals surface area contributed by atoms with Crippen LogP contribution < -0.4 is 0 Å². The molecular weight excluding hydrogens is 551 g/mol. The molecule has 0 aliphatic carbocycles. The summed E-state index contributed by atoms with van der Waals surface area (Å²) in [4.78, 5) is 0. The Bertz CT molecular complexity index is 322. The standard InChI is InChI=1S/3C12H25.Sn.H/c3*1-3-5-7-9-11-12-10-8-6-4-2;;/h3*1,3-12H2,2H3;;. The third-order valence-corrected chi connectivity index (χ3v) is 19.4. The van der Waals surface area contributed by atoms with Crippen LogP contribution >= 0.6 is 0 Å². The predicted octanol–water partition coefficient (Wildman–Crippen LogP) is 14.0. The molecule has 0 heterocycles. The molecule has 1 heteroatoms. The normalized spacial score (nSPS) is 11.7. The van der Waals surface area contributed by atoms with Gasteiger partial charge in [0.2, 0.25) is 0 Å². The van der Waals surface area contributed by atoms with Gasteiger partial charge in [0.1, 0.15) is 0 Å². The van der Waals surface area contributed by atoms with E-state index in [1.807, 2.05) is 0 Å². The van der Waals surface area contributed by atoms with Gasteiger partial charge in [-0.05, 0) is 0 Å². The first-order chi connectivity index (χ1) is 18.3. The fourth-order valence-corrected chi connectivity index (χ4v) is 16.1. The third kappa shape index (κ3) is 32.9. The zero-order valence-electron chi connectivity index (χ0n) is 26.9. The van der Waals surface area contributed by atoms with Crippen LogP contribution in [0, 0.1) is 0 Å². The van der Waals surface area contributed by atoms with Gasteiger partial charge in [-0.1, -0.05) is 0 Å². The summed E-state index contributed by atoms with van der Waals surface area (Å²) < 4.78 is 5.23. The molecule has 0 aromatic rings. The van der Waals surface area contributed by atoms with Gasteiger partial charge in [0.15, 0.2) is 0 Å². The van der Waals surface area contributed by atoms with E-state index in [-0.39, 0.29) is 0 Å². The van der Waals surface area contributed by atoms with Crippen molar-refractivity contribution in [1.82, 2.24) is 0 Å². The molecule has 0 atom stereocenters. The van der Waals surface area contributed by atoms with E-state index in [0.29, 0.717) is 0 Å². The van der Waals surface area contributed by atoms with Crippen LogP contribution in [0.3, 0.4) is 0 Å². The number of unbranched alkanes of at least 4 members (excludes halogenated alkanes) is 27. The summed E-state index contributed by atoms with van der Waals surface area (Å²) in [6.07, 6.45) is 45.0. The van der Waals surface area contributed by atoms with Crippen molar-refractivity contribution in [3.05, 3.63) is 0 Å². The topological polar surface area (TPSA) is 0 Å². The van der Waals surface area contributed by atoms with E-state index in [0.717, 1.165) is 0 Å². The molecule has 0 aromatic heterocycles. The van der Waals surface area contributed by atoms with Gasteiger partial charge in [-0.25, -0.2) is 0 Å². The van der Waals surface area contributed by atoms with Crippen LogP contribution in [0.4, 0.5) is 0 Å². The van der Waals surface area contributed by atoms with Crippen molar-refractivity contribution in [2.75, 3.05) is 0 Å². The number of hydrogen-bond acceptors (Lipinski definition) is 0. The van der Waals surface area contributed by atoms with Gasteiger partial charge in [-0.15, -0.1) is 0 Å². The van der Waals surface area contributed by atoms with Gasteiger partial charge >= 0.3 is 246 Å². The molecule has 0 unspecified atom stereocenters. The van der Waals surface area contributed by atoms with Crippen molar-refractivity contribution in [1.29, 1.82) is 0 Å². The Labute approximate surface area is 245 Å². The van der Waals surface area contributed by atoms with Gasteiger partial charge in [-0.3, -0.25) is 0 Å². The second kappa shape index (κ2) is 34.8. The average molecular weight is 628 g/mol. The van der Waals surface area contributed by atoms with Gasteiger partial charge in [0, 0.05) is 0 Å². The van der Waals surface area contributed by atoms with E-state index in [1.165, 1.54) is 154 Å². The maximum absolute atomic E-state index is 2.32. The molecule has 0 saturated carbocycles. The molecule has 0 spiro atoms. The first kappa shape index (κ1) is 37.8. The summed E-state index contributed by atoms with van der Waals surface area (Å²) in [7, 11) is 0. The molecule has 0 fully saturated rings. The molecule has 0 saturated heterocycles. The van der Waals surface area contributed by atoms with Crippen molar-refractivity contribution < 1.29 is 0 Å². The SMILES string of the molecule is CCCCCCCCCCC[CH2][SnH]([CH2]CCCCCCCCCCC)[CH2]CCCCCCCCCCC. The van der Waals surface area contributed by atoms with Crippen LogP contribution in [0.1, 0.15) is 213 Å². The summed E-state index contributed by atoms with van der Waals surface area (Å²) in [5.41, 5.74) is 0. The molecule has 0 nitrogen and oxygen atoms in total. The molecule has 0 amide bonds. The van der Waals surface area contributed by atoms with E-state index in [9.17, 15) is 0 Å². The zero-order valence-corrected chi connectivity index (χ0v) is 30.2. The summed E-state index contributed by atoms with van der Waals surface area (Å²) in [5, 5.41) is 0. The summed E-state index contributed by atoms with van der Waals surface area (Å²) in [6.45, 7) is 6.97. The average Bonchev–Trinajstić information content (AvgIpc) is 2.91. The first-order valence-corrected chi connectivity index (χ1v) is 25.3. The van der Waals surface area contributed by atoms with Crippen molar-refractivity contribution in [3.63, 3.8) is 0 Å². The Morgan fingerprint density at radius 2 is 0.378 bits per heavy atom. The van der Waals surface area contributed by atoms with E-state index < -0.39 is 19.8 Å². The Balaban J connectivity index is 3.87. The molecule has 0 aromatic carbocycles. The van der Waals surface area contributed by atoms with Gasteiger partial charge in [0.05, 0.1) is 0 Å². The van der Waals surface area contributed by atoms with E-state index >= 15 is 0 Å². The van der Waals surface area contributed by atoms with Crippen molar-refractivity contribution in [3.8, 4) is 0 Å². The molecule has 0 radical (unpaired) electrons. The summed E-state index contributed by atoms with van der Waals surface area (Å²) in [6, 6.07) is 0. The van der Waals surface area contributed by atoms with Crippen molar-refractivity contribution >= 4 is 19.8 Å². The Hall–Kier alpha value is 0.799. The summed E-state index contributed by atoms with van der Waals surface area (Å²) >= 11 is -1.24. The number of rotatable bonds is 33. The Morgan fingerprint density at radius 3 is 0.568 bits per heavy atom. The van der Waals surface area contributed by atoms with Crippen molar-refractivity contribution in [2.24, 2.45) is 0 Å². The molecule has 0 aliphatic rings. The molecule has 37 heavy (non-hydrogen) atoms. The van der Waals surface area contributed by atoms with Crippen LogP contribution in [-0.4, -0.2) is 19.8 Å². The number of hydrogen-bond donors (Lipinski definition) is 0.